The van der Waals surface area contributed by atoms with E-state index in [-0.39, 0.29) is 33.6 Å². The minimum absolute atomic E-state index is 0.0265. The fourth-order valence-corrected chi connectivity index (χ4v) is 2.84. The maximum absolute atomic E-state index is 12.4. The summed E-state index contributed by atoms with van der Waals surface area (Å²) >= 11 is 5.78. The SMILES string of the molecule is CCCCOc1ccc(C(=O)Oc2ccc(N=Nc3ccc(Cl)cc3[N+](=O)[O-])c(O)c2)cc1. The number of azo groups is 1. The number of carbonyl (C=O) groups is 1. The molecular formula is C23H20ClN3O6. The van der Waals surface area contributed by atoms with Crippen LogP contribution in [0, 0.1) is 10.1 Å². The van der Waals surface area contributed by atoms with Crippen molar-refractivity contribution in [2.24, 2.45) is 10.2 Å². The largest absolute Gasteiger partial charge is 0.505 e. The third kappa shape index (κ3) is 6.50. The van der Waals surface area contributed by atoms with Crippen LogP contribution in [0.2, 0.25) is 5.02 Å². The minimum atomic E-state index is -0.632. The van der Waals surface area contributed by atoms with Crippen LogP contribution in [0.3, 0.4) is 0 Å². The number of phenolic OH excluding ortho intramolecular Hbond substituents is 1. The van der Waals surface area contributed by atoms with Crippen LogP contribution in [0.25, 0.3) is 0 Å². The van der Waals surface area contributed by atoms with Gasteiger partial charge in [-0.25, -0.2) is 4.79 Å². The lowest BCUT2D eigenvalue weighted by Crippen LogP contribution is -2.08. The zero-order valence-corrected chi connectivity index (χ0v) is 18.4. The first kappa shape index (κ1) is 23.7. The molecule has 0 aromatic heterocycles. The zero-order chi connectivity index (χ0) is 23.8. The van der Waals surface area contributed by atoms with E-state index >= 15 is 0 Å². The van der Waals surface area contributed by atoms with Gasteiger partial charge in [0.05, 0.1) is 17.1 Å². The molecule has 0 saturated heterocycles. The fourth-order valence-electron chi connectivity index (χ4n) is 2.67. The number of aromatic hydroxyl groups is 1. The highest BCUT2D eigenvalue weighted by atomic mass is 35.5. The molecule has 0 saturated carbocycles. The molecule has 0 atom stereocenters. The lowest BCUT2D eigenvalue weighted by molar-refractivity contribution is -0.384. The average molecular weight is 470 g/mol. The van der Waals surface area contributed by atoms with Crippen molar-refractivity contribution < 1.29 is 24.3 Å². The molecule has 3 aromatic rings. The first-order chi connectivity index (χ1) is 15.9. The number of halogens is 1. The van der Waals surface area contributed by atoms with Gasteiger partial charge in [-0.1, -0.05) is 24.9 Å². The van der Waals surface area contributed by atoms with E-state index in [1.807, 2.05) is 0 Å². The number of hydrogen-bond donors (Lipinski definition) is 1. The summed E-state index contributed by atoms with van der Waals surface area (Å²) in [6.07, 6.45) is 1.97. The number of carbonyl (C=O) groups excluding carboxylic acids is 1. The minimum Gasteiger partial charge on any atom is -0.505 e. The molecule has 0 aliphatic heterocycles. The molecule has 10 heteroatoms. The topological polar surface area (TPSA) is 124 Å². The van der Waals surface area contributed by atoms with E-state index in [1.54, 1.807) is 24.3 Å². The summed E-state index contributed by atoms with van der Waals surface area (Å²) in [5, 5.41) is 29.2. The van der Waals surface area contributed by atoms with Crippen LogP contribution >= 0.6 is 11.6 Å². The second-order valence-corrected chi connectivity index (χ2v) is 7.29. The van der Waals surface area contributed by atoms with Gasteiger partial charge in [-0.2, -0.15) is 0 Å². The van der Waals surface area contributed by atoms with Crippen molar-refractivity contribution in [1.82, 2.24) is 0 Å². The van der Waals surface area contributed by atoms with Crippen molar-refractivity contribution in [1.29, 1.82) is 0 Å². The lowest BCUT2D eigenvalue weighted by Gasteiger charge is -2.08. The first-order valence-electron chi connectivity index (χ1n) is 10.0. The van der Waals surface area contributed by atoms with Gasteiger partial charge in [-0.3, -0.25) is 10.1 Å². The van der Waals surface area contributed by atoms with E-state index in [2.05, 4.69) is 17.2 Å². The number of nitro benzene ring substituents is 1. The Balaban J connectivity index is 1.68. The number of rotatable bonds is 9. The molecule has 0 unspecified atom stereocenters. The van der Waals surface area contributed by atoms with Gasteiger partial charge in [-0.15, -0.1) is 10.2 Å². The summed E-state index contributed by atoms with van der Waals surface area (Å²) in [5.41, 5.74) is 0.00303. The van der Waals surface area contributed by atoms with Gasteiger partial charge in [0.25, 0.3) is 5.69 Å². The Hall–Kier alpha value is -3.98. The van der Waals surface area contributed by atoms with Crippen LogP contribution in [0.1, 0.15) is 30.1 Å². The number of nitro groups is 1. The van der Waals surface area contributed by atoms with E-state index in [0.717, 1.165) is 18.9 Å². The summed E-state index contributed by atoms with van der Waals surface area (Å²) in [6, 6.07) is 14.5. The first-order valence-corrected chi connectivity index (χ1v) is 10.4. The van der Waals surface area contributed by atoms with Crippen LogP contribution in [0.15, 0.2) is 70.9 Å². The van der Waals surface area contributed by atoms with Crippen LogP contribution in [-0.4, -0.2) is 22.6 Å². The van der Waals surface area contributed by atoms with Gasteiger partial charge >= 0.3 is 5.97 Å². The quantitative estimate of drug-likeness (QED) is 0.0920. The number of phenols is 1. The smallest absolute Gasteiger partial charge is 0.343 e. The average Bonchev–Trinajstić information content (AvgIpc) is 2.79. The number of esters is 1. The standard InChI is InChI=1S/C23H20ClN3O6/c1-2-3-12-32-17-7-4-15(5-8-17)23(29)33-18-9-11-20(22(28)14-18)26-25-19-10-6-16(24)13-21(19)27(30)31/h4-11,13-14,28H,2-3,12H2,1H3. The Morgan fingerprint density at radius 1 is 1.03 bits per heavy atom. The van der Waals surface area contributed by atoms with Crippen LogP contribution in [-0.2, 0) is 0 Å². The van der Waals surface area contributed by atoms with Gasteiger partial charge < -0.3 is 14.6 Å². The molecule has 9 nitrogen and oxygen atoms in total. The Morgan fingerprint density at radius 2 is 1.70 bits per heavy atom. The molecular weight excluding hydrogens is 450 g/mol. The van der Waals surface area contributed by atoms with E-state index in [1.165, 1.54) is 30.3 Å². The van der Waals surface area contributed by atoms with Crippen molar-refractivity contribution in [3.8, 4) is 17.2 Å². The molecule has 1 N–H and O–H groups in total. The summed E-state index contributed by atoms with van der Waals surface area (Å²) < 4.78 is 10.8. The summed E-state index contributed by atoms with van der Waals surface area (Å²) in [7, 11) is 0. The highest BCUT2D eigenvalue weighted by Crippen LogP contribution is 2.35. The molecule has 0 heterocycles. The van der Waals surface area contributed by atoms with Gasteiger partial charge in [0.2, 0.25) is 0 Å². The Morgan fingerprint density at radius 3 is 2.36 bits per heavy atom. The Labute approximate surface area is 194 Å². The highest BCUT2D eigenvalue weighted by molar-refractivity contribution is 6.30. The van der Waals surface area contributed by atoms with Crippen LogP contribution < -0.4 is 9.47 Å². The van der Waals surface area contributed by atoms with Gasteiger partial charge in [-0.05, 0) is 55.0 Å². The summed E-state index contributed by atoms with van der Waals surface area (Å²) in [4.78, 5) is 22.9. The fraction of sp³-hybridized carbons (Fsp3) is 0.174. The van der Waals surface area contributed by atoms with Crippen LogP contribution in [0.5, 0.6) is 17.2 Å². The third-order valence-electron chi connectivity index (χ3n) is 4.41. The number of hydrogen-bond acceptors (Lipinski definition) is 8. The molecule has 3 rings (SSSR count). The van der Waals surface area contributed by atoms with E-state index < -0.39 is 10.9 Å². The normalized spacial score (nSPS) is 10.8. The molecule has 0 bridgehead atoms. The monoisotopic (exact) mass is 469 g/mol. The molecule has 33 heavy (non-hydrogen) atoms. The Kier molecular flexibility index (Phi) is 7.93. The second kappa shape index (κ2) is 11.1. The van der Waals surface area contributed by atoms with Gasteiger partial charge in [0.1, 0.15) is 22.9 Å². The Bertz CT molecular complexity index is 1180. The van der Waals surface area contributed by atoms with Gasteiger partial charge in [0, 0.05) is 17.2 Å². The van der Waals surface area contributed by atoms with Crippen molar-refractivity contribution >= 4 is 34.6 Å². The number of nitrogens with zero attached hydrogens (tertiary/aromatic N) is 3. The molecule has 0 aliphatic carbocycles. The van der Waals surface area contributed by atoms with Crippen molar-refractivity contribution in [3.63, 3.8) is 0 Å². The maximum Gasteiger partial charge on any atom is 0.343 e. The maximum atomic E-state index is 12.4. The molecule has 3 aromatic carbocycles. The molecule has 0 fully saturated rings. The summed E-state index contributed by atoms with van der Waals surface area (Å²) in [5.74, 6) is -0.175. The molecule has 0 spiro atoms. The number of unbranched alkanes of at least 4 members (excludes halogenated alkanes) is 1. The van der Waals surface area contributed by atoms with E-state index in [4.69, 9.17) is 21.1 Å². The second-order valence-electron chi connectivity index (χ2n) is 6.86. The molecule has 170 valence electrons. The van der Waals surface area contributed by atoms with Crippen LogP contribution in [0.4, 0.5) is 17.1 Å². The number of ether oxygens (including phenoxy) is 2. The summed E-state index contributed by atoms with van der Waals surface area (Å²) in [6.45, 7) is 2.68. The third-order valence-corrected chi connectivity index (χ3v) is 4.65. The molecule has 0 radical (unpaired) electrons. The van der Waals surface area contributed by atoms with Crippen molar-refractivity contribution in [2.75, 3.05) is 6.61 Å². The predicted octanol–water partition coefficient (Wildman–Crippen LogP) is 6.77. The number of benzene rings is 3. The predicted molar refractivity (Wildman–Crippen MR) is 122 cm³/mol. The zero-order valence-electron chi connectivity index (χ0n) is 17.6. The van der Waals surface area contributed by atoms with Crippen molar-refractivity contribution in [3.05, 3.63) is 81.4 Å². The van der Waals surface area contributed by atoms with E-state index in [9.17, 15) is 20.0 Å². The molecule has 0 amide bonds. The molecule has 0 aliphatic rings. The van der Waals surface area contributed by atoms with E-state index in [0.29, 0.717) is 17.9 Å². The highest BCUT2D eigenvalue weighted by Gasteiger charge is 2.15. The van der Waals surface area contributed by atoms with Gasteiger partial charge in [0.15, 0.2) is 5.69 Å². The van der Waals surface area contributed by atoms with Crippen molar-refractivity contribution in [2.45, 2.75) is 19.8 Å². The lowest BCUT2D eigenvalue weighted by atomic mass is 10.2.